The highest BCUT2D eigenvalue weighted by molar-refractivity contribution is 6.42. The third-order valence-electron chi connectivity index (χ3n) is 4.01. The molecular formula is C16H16Cl3N9O2. The molecule has 1 aromatic carbocycles. The molecule has 3 N–H and O–H groups in total. The molecule has 30 heavy (non-hydrogen) atoms. The van der Waals surface area contributed by atoms with Crippen LogP contribution < -0.4 is 10.9 Å². The molecule has 0 atom stereocenters. The van der Waals surface area contributed by atoms with Crippen LogP contribution in [0.3, 0.4) is 0 Å². The van der Waals surface area contributed by atoms with Gasteiger partial charge in [0.2, 0.25) is 5.95 Å². The first kappa shape index (κ1) is 22.0. The lowest BCUT2D eigenvalue weighted by Crippen LogP contribution is -2.17. The van der Waals surface area contributed by atoms with Crippen molar-refractivity contribution in [3.63, 3.8) is 0 Å². The van der Waals surface area contributed by atoms with E-state index in [1.54, 1.807) is 16.8 Å². The minimum absolute atomic E-state index is 0. The van der Waals surface area contributed by atoms with Crippen molar-refractivity contribution < 1.29 is 4.74 Å². The fourth-order valence-corrected chi connectivity index (χ4v) is 2.97. The molecule has 4 rings (SSSR count). The second kappa shape index (κ2) is 9.85. The van der Waals surface area contributed by atoms with Gasteiger partial charge in [-0.3, -0.25) is 14.5 Å². The van der Waals surface area contributed by atoms with Crippen molar-refractivity contribution in [3.8, 4) is 0 Å². The number of ether oxygens (including phenoxy) is 1. The Hall–Kier alpha value is -2.73. The van der Waals surface area contributed by atoms with Gasteiger partial charge in [0.15, 0.2) is 11.3 Å². The largest absolute Gasteiger partial charge is 0.371 e. The molecule has 158 valence electrons. The first-order valence-corrected chi connectivity index (χ1v) is 9.29. The van der Waals surface area contributed by atoms with E-state index in [0.29, 0.717) is 52.5 Å². The van der Waals surface area contributed by atoms with Crippen LogP contribution in [0.25, 0.3) is 11.0 Å². The summed E-state index contributed by atoms with van der Waals surface area (Å²) in [7, 11) is 0. The van der Waals surface area contributed by atoms with Crippen LogP contribution in [0, 0.1) is 0 Å². The topological polar surface area (TPSA) is 139 Å². The van der Waals surface area contributed by atoms with Crippen molar-refractivity contribution in [2.75, 3.05) is 11.9 Å². The molecule has 14 heteroatoms. The fourth-order valence-electron chi connectivity index (χ4n) is 2.65. The smallest absolute Gasteiger partial charge is 0.278 e. The van der Waals surface area contributed by atoms with Gasteiger partial charge in [-0.2, -0.15) is 10.3 Å². The third-order valence-corrected chi connectivity index (χ3v) is 4.75. The van der Waals surface area contributed by atoms with E-state index in [-0.39, 0.29) is 24.6 Å². The van der Waals surface area contributed by atoms with Crippen LogP contribution in [0.4, 0.5) is 5.95 Å². The Kier molecular flexibility index (Phi) is 7.21. The van der Waals surface area contributed by atoms with Crippen molar-refractivity contribution in [2.24, 2.45) is 0 Å². The van der Waals surface area contributed by atoms with E-state index in [1.807, 2.05) is 6.07 Å². The molecule has 0 unspecified atom stereocenters. The Balaban J connectivity index is 0.00000256. The van der Waals surface area contributed by atoms with Gasteiger partial charge in [0.25, 0.3) is 5.56 Å². The first-order valence-electron chi connectivity index (χ1n) is 8.54. The summed E-state index contributed by atoms with van der Waals surface area (Å²) in [5.74, 6) is 0.786. The van der Waals surface area contributed by atoms with Crippen LogP contribution in [0.1, 0.15) is 11.4 Å². The molecule has 0 amide bonds. The minimum Gasteiger partial charge on any atom is -0.371 e. The number of anilines is 1. The highest BCUT2D eigenvalue weighted by atomic mass is 35.5. The molecule has 0 fully saturated rings. The van der Waals surface area contributed by atoms with Crippen molar-refractivity contribution >= 4 is 52.6 Å². The molecule has 3 heterocycles. The first-order chi connectivity index (χ1) is 14.1. The van der Waals surface area contributed by atoms with E-state index in [9.17, 15) is 4.79 Å². The number of hydrogen-bond acceptors (Lipinski definition) is 8. The lowest BCUT2D eigenvalue weighted by Gasteiger charge is -2.07. The van der Waals surface area contributed by atoms with E-state index < -0.39 is 0 Å². The molecule has 0 radical (unpaired) electrons. The number of nitrogens with zero attached hydrogens (tertiary/aromatic N) is 6. The number of hydrogen-bond donors (Lipinski definition) is 3. The molecule has 4 aromatic rings. The Labute approximate surface area is 185 Å². The number of halogens is 3. The number of rotatable bonds is 8. The van der Waals surface area contributed by atoms with Crippen molar-refractivity contribution in [2.45, 2.75) is 19.7 Å². The number of aromatic nitrogens is 8. The highest BCUT2D eigenvalue weighted by Gasteiger charge is 2.11. The zero-order valence-corrected chi connectivity index (χ0v) is 17.6. The van der Waals surface area contributed by atoms with E-state index >= 15 is 0 Å². The van der Waals surface area contributed by atoms with E-state index in [0.717, 1.165) is 5.56 Å². The average Bonchev–Trinajstić information content (AvgIpc) is 3.36. The third kappa shape index (κ3) is 5.05. The minimum atomic E-state index is -0.303. The number of H-pyrrole nitrogens is 2. The monoisotopic (exact) mass is 471 g/mol. The summed E-state index contributed by atoms with van der Waals surface area (Å²) in [5.41, 5.74) is 1.44. The number of benzene rings is 1. The molecule has 0 saturated heterocycles. The molecule has 0 saturated carbocycles. The summed E-state index contributed by atoms with van der Waals surface area (Å²) >= 11 is 11.9. The summed E-state index contributed by atoms with van der Waals surface area (Å²) in [4.78, 5) is 19.6. The number of nitrogens with one attached hydrogen (secondary N) is 3. The Morgan fingerprint density at radius 3 is 2.87 bits per heavy atom. The number of tetrazole rings is 1. The lowest BCUT2D eigenvalue weighted by molar-refractivity contribution is 0.106. The molecule has 3 aromatic heterocycles. The van der Waals surface area contributed by atoms with Gasteiger partial charge < -0.3 is 10.1 Å². The zero-order valence-electron chi connectivity index (χ0n) is 15.3. The van der Waals surface area contributed by atoms with Gasteiger partial charge in [0, 0.05) is 6.54 Å². The lowest BCUT2D eigenvalue weighted by atomic mass is 10.2. The van der Waals surface area contributed by atoms with Crippen molar-refractivity contribution in [3.05, 3.63) is 56.2 Å². The predicted molar refractivity (Wildman–Crippen MR) is 113 cm³/mol. The summed E-state index contributed by atoms with van der Waals surface area (Å²) in [6.07, 6.45) is 1.54. The quantitative estimate of drug-likeness (QED) is 0.332. The summed E-state index contributed by atoms with van der Waals surface area (Å²) in [5, 5.41) is 21.6. The molecule has 0 aliphatic carbocycles. The number of fused-ring (bicyclic) bond motifs is 1. The van der Waals surface area contributed by atoms with Crippen LogP contribution in [0.5, 0.6) is 0 Å². The zero-order chi connectivity index (χ0) is 20.2. The molecule has 0 bridgehead atoms. The van der Waals surface area contributed by atoms with Crippen LogP contribution in [-0.2, 0) is 24.4 Å². The van der Waals surface area contributed by atoms with Gasteiger partial charge in [-0.1, -0.05) is 34.5 Å². The van der Waals surface area contributed by atoms with Crippen LogP contribution in [0.15, 0.2) is 29.2 Å². The van der Waals surface area contributed by atoms with Gasteiger partial charge in [-0.25, -0.2) is 4.98 Å². The van der Waals surface area contributed by atoms with Gasteiger partial charge in [-0.05, 0) is 17.7 Å². The molecule has 11 nitrogen and oxygen atoms in total. The van der Waals surface area contributed by atoms with Crippen LogP contribution in [-0.4, -0.2) is 47.0 Å². The Morgan fingerprint density at radius 2 is 2.10 bits per heavy atom. The Bertz CT molecular complexity index is 1180. The van der Waals surface area contributed by atoms with Gasteiger partial charge in [0.1, 0.15) is 12.1 Å². The van der Waals surface area contributed by atoms with E-state index in [4.69, 9.17) is 27.9 Å². The molecular weight excluding hydrogens is 457 g/mol. The fraction of sp³-hybridized carbons (Fsp3) is 0.250. The SMILES string of the molecule is Cl.O=c1[nH]c(NCc2ccc(Cl)c(Cl)c2)nc2cnn(CCOCc3nn[nH]n3)c12. The summed E-state index contributed by atoms with van der Waals surface area (Å²) < 4.78 is 7.00. The van der Waals surface area contributed by atoms with Gasteiger partial charge in [0.05, 0.1) is 29.4 Å². The highest BCUT2D eigenvalue weighted by Crippen LogP contribution is 2.22. The van der Waals surface area contributed by atoms with Crippen molar-refractivity contribution in [1.29, 1.82) is 0 Å². The van der Waals surface area contributed by atoms with Gasteiger partial charge in [-0.15, -0.1) is 22.6 Å². The van der Waals surface area contributed by atoms with E-state index in [1.165, 1.54) is 6.20 Å². The maximum absolute atomic E-state index is 12.5. The standard InChI is InChI=1S/C16H15Cl2N9O2.ClH/c17-10-2-1-9(5-11(10)18)6-19-16-21-12-7-20-27(14(12)15(28)22-16)3-4-29-8-13-23-25-26-24-13;/h1-2,5,7H,3-4,6,8H2,(H2,19,21,22,28)(H,23,24,25,26);1H. The molecule has 0 aliphatic heterocycles. The summed E-state index contributed by atoms with van der Waals surface area (Å²) in [6, 6.07) is 5.30. The second-order valence-electron chi connectivity index (χ2n) is 6.00. The molecule has 0 spiro atoms. The van der Waals surface area contributed by atoms with Crippen LogP contribution in [0.2, 0.25) is 10.0 Å². The maximum atomic E-state index is 12.5. The second-order valence-corrected chi connectivity index (χ2v) is 6.81. The number of aromatic amines is 2. The predicted octanol–water partition coefficient (Wildman–Crippen LogP) is 2.19. The maximum Gasteiger partial charge on any atom is 0.278 e. The van der Waals surface area contributed by atoms with E-state index in [2.05, 4.69) is 41.0 Å². The van der Waals surface area contributed by atoms with Crippen molar-refractivity contribution in [1.82, 2.24) is 40.4 Å². The average molecular weight is 473 g/mol. The van der Waals surface area contributed by atoms with Crippen LogP contribution >= 0.6 is 35.6 Å². The molecule has 0 aliphatic rings. The Morgan fingerprint density at radius 1 is 1.23 bits per heavy atom. The normalized spacial score (nSPS) is 10.9. The van der Waals surface area contributed by atoms with Gasteiger partial charge >= 0.3 is 0 Å². The summed E-state index contributed by atoms with van der Waals surface area (Å²) in [6.45, 7) is 1.33.